The van der Waals surface area contributed by atoms with E-state index < -0.39 is 8.32 Å². The van der Waals surface area contributed by atoms with Crippen molar-refractivity contribution in [2.45, 2.75) is 90.1 Å². The molecule has 1 N–H and O–H groups in total. The Morgan fingerprint density at radius 1 is 1.03 bits per heavy atom. The van der Waals surface area contributed by atoms with Gasteiger partial charge in [-0.1, -0.05) is 78.0 Å². The van der Waals surface area contributed by atoms with E-state index in [1.807, 2.05) is 0 Å². The quantitative estimate of drug-likeness (QED) is 0.422. The van der Waals surface area contributed by atoms with Crippen LogP contribution in [0.15, 0.2) is 42.7 Å². The van der Waals surface area contributed by atoms with Crippen molar-refractivity contribution in [3.8, 4) is 0 Å². The lowest BCUT2D eigenvalue weighted by Crippen LogP contribution is -2.52. The summed E-state index contributed by atoms with van der Waals surface area (Å²) in [4.78, 5) is 12.0. The van der Waals surface area contributed by atoms with E-state index in [1.54, 1.807) is 6.33 Å². The van der Waals surface area contributed by atoms with E-state index in [4.69, 9.17) is 4.43 Å². The first-order valence-electron chi connectivity index (χ1n) is 12.9. The van der Waals surface area contributed by atoms with Gasteiger partial charge in [0, 0.05) is 30.7 Å². The maximum Gasteiger partial charge on any atom is 0.200 e. The topological polar surface area (TPSA) is 50.3 Å². The second-order valence-electron chi connectivity index (χ2n) is 10.9. The fourth-order valence-electron chi connectivity index (χ4n) is 6.49. The molecule has 0 saturated heterocycles. The molecule has 34 heavy (non-hydrogen) atoms. The molecule has 4 rings (SSSR count). The van der Waals surface area contributed by atoms with Gasteiger partial charge >= 0.3 is 0 Å². The highest BCUT2D eigenvalue weighted by Crippen LogP contribution is 2.44. The Balaban J connectivity index is 1.71. The normalized spacial score (nSPS) is 20.8. The van der Waals surface area contributed by atoms with Crippen LogP contribution in [0.5, 0.6) is 0 Å². The molecule has 0 unspecified atom stereocenters. The summed E-state index contributed by atoms with van der Waals surface area (Å²) in [6.07, 6.45) is 5.03. The number of nitrogens with zero attached hydrogens (tertiary/aromatic N) is 3. The van der Waals surface area contributed by atoms with Crippen molar-refractivity contribution in [1.82, 2.24) is 14.9 Å². The third kappa shape index (κ3) is 4.60. The molecular formula is C28H42N4OSi. The third-order valence-electron chi connectivity index (χ3n) is 8.05. The molecule has 0 saturated carbocycles. The molecule has 1 aliphatic heterocycles. The molecule has 1 aliphatic carbocycles. The van der Waals surface area contributed by atoms with Gasteiger partial charge in [0.25, 0.3) is 0 Å². The lowest BCUT2D eigenvalue weighted by atomic mass is 9.90. The second kappa shape index (κ2) is 10.3. The highest BCUT2D eigenvalue weighted by atomic mass is 28.4. The van der Waals surface area contributed by atoms with Crippen LogP contribution in [0.25, 0.3) is 5.57 Å². The van der Waals surface area contributed by atoms with E-state index >= 15 is 0 Å². The Bertz CT molecular complexity index is 983. The number of hydrogen-bond acceptors (Lipinski definition) is 5. The Morgan fingerprint density at radius 2 is 1.71 bits per heavy atom. The van der Waals surface area contributed by atoms with Gasteiger partial charge in [0.15, 0.2) is 8.32 Å². The van der Waals surface area contributed by atoms with Crippen LogP contribution in [-0.2, 0) is 11.0 Å². The molecule has 5 nitrogen and oxygen atoms in total. The minimum atomic E-state index is -1.96. The summed E-state index contributed by atoms with van der Waals surface area (Å²) in [6, 6.07) is 11.3. The van der Waals surface area contributed by atoms with E-state index in [0.29, 0.717) is 16.6 Å². The van der Waals surface area contributed by atoms with Crippen molar-refractivity contribution in [2.24, 2.45) is 0 Å². The van der Waals surface area contributed by atoms with E-state index in [1.165, 1.54) is 16.7 Å². The monoisotopic (exact) mass is 478 g/mol. The molecule has 2 aliphatic rings. The minimum absolute atomic E-state index is 0.243. The van der Waals surface area contributed by atoms with Gasteiger partial charge in [-0.3, -0.25) is 4.90 Å². The van der Waals surface area contributed by atoms with Gasteiger partial charge in [0.05, 0.1) is 12.3 Å². The first kappa shape index (κ1) is 25.1. The van der Waals surface area contributed by atoms with E-state index in [9.17, 15) is 0 Å². The van der Waals surface area contributed by atoms with E-state index in [-0.39, 0.29) is 12.1 Å². The smallest absolute Gasteiger partial charge is 0.200 e. The third-order valence-corrected chi connectivity index (χ3v) is 14.1. The molecule has 6 heteroatoms. The van der Waals surface area contributed by atoms with Gasteiger partial charge < -0.3 is 9.74 Å². The number of aromatic nitrogens is 2. The second-order valence-corrected chi connectivity index (χ2v) is 16.4. The van der Waals surface area contributed by atoms with Crippen LogP contribution in [-0.4, -0.2) is 42.4 Å². The first-order valence-corrected chi connectivity index (χ1v) is 15.1. The summed E-state index contributed by atoms with van der Waals surface area (Å²) < 4.78 is 7.14. The van der Waals surface area contributed by atoms with Crippen molar-refractivity contribution < 1.29 is 4.43 Å². The zero-order valence-corrected chi connectivity index (χ0v) is 23.0. The molecule has 0 radical (unpaired) electrons. The van der Waals surface area contributed by atoms with Crippen molar-refractivity contribution in [1.29, 1.82) is 0 Å². The minimum Gasteiger partial charge on any atom is -0.414 e. The van der Waals surface area contributed by atoms with Gasteiger partial charge in [-0.15, -0.1) is 0 Å². The van der Waals surface area contributed by atoms with Crippen molar-refractivity contribution >= 4 is 19.7 Å². The highest BCUT2D eigenvalue weighted by Gasteiger charge is 2.46. The molecule has 2 heterocycles. The summed E-state index contributed by atoms with van der Waals surface area (Å²) >= 11 is 0. The fraction of sp³-hybridized carbons (Fsp3) is 0.571. The van der Waals surface area contributed by atoms with Crippen LogP contribution < -0.4 is 5.32 Å². The number of benzene rings is 1. The van der Waals surface area contributed by atoms with Gasteiger partial charge in [-0.2, -0.15) is 0 Å². The summed E-state index contributed by atoms with van der Waals surface area (Å²) in [6.45, 7) is 18.8. The summed E-state index contributed by atoms with van der Waals surface area (Å²) in [5.41, 5.74) is 6.64. The molecule has 0 amide bonds. The number of anilines is 1. The molecule has 2 aromatic rings. The summed E-state index contributed by atoms with van der Waals surface area (Å²) in [7, 11) is -1.96. The van der Waals surface area contributed by atoms with Crippen LogP contribution in [0.4, 0.5) is 5.82 Å². The molecule has 1 aromatic heterocycles. The number of allylic oxidation sites excluding steroid dienone is 1. The lowest BCUT2D eigenvalue weighted by molar-refractivity contribution is 0.0864. The van der Waals surface area contributed by atoms with Crippen LogP contribution in [0.2, 0.25) is 16.6 Å². The Hall–Kier alpha value is -2.02. The standard InChI is InChI=1S/C28H42N4OSi/c1-19(2)34(20(3)4,21(5)6)33-17-24-15-29-28-26-25(14-13-22(7)27(26)30-18-31-28)32(24)16-23-11-9-8-10-12-23/h8-13,18-21,24-25H,14-17H2,1-7H3,(H,29,30,31)/t24-,25+/m0/s1. The highest BCUT2D eigenvalue weighted by molar-refractivity contribution is 6.77. The van der Waals surface area contributed by atoms with Crippen molar-refractivity contribution in [3.05, 3.63) is 59.6 Å². The summed E-state index contributed by atoms with van der Waals surface area (Å²) in [5.74, 6) is 0.989. The zero-order valence-electron chi connectivity index (χ0n) is 22.0. The average molecular weight is 479 g/mol. The maximum atomic E-state index is 7.14. The predicted octanol–water partition coefficient (Wildman–Crippen LogP) is 6.81. The Morgan fingerprint density at radius 3 is 2.35 bits per heavy atom. The SMILES string of the molecule is CC1=CC[C@@H]2c3c(ncnc31)NC[C@@H](CO[Si](C(C)C)(C(C)C)C(C)C)N2Cc1ccccc1. The fourth-order valence-corrected chi connectivity index (χ4v) is 12.0. The Labute approximate surface area is 207 Å². The molecule has 0 spiro atoms. The van der Waals surface area contributed by atoms with Gasteiger partial charge in [0.1, 0.15) is 12.1 Å². The first-order chi connectivity index (χ1) is 16.3. The summed E-state index contributed by atoms with van der Waals surface area (Å²) in [5, 5.41) is 3.69. The van der Waals surface area contributed by atoms with Crippen LogP contribution in [0.1, 0.15) is 77.7 Å². The maximum absolute atomic E-state index is 7.14. The number of nitrogens with one attached hydrogen (secondary N) is 1. The zero-order chi connectivity index (χ0) is 24.5. The van der Waals surface area contributed by atoms with E-state index in [0.717, 1.165) is 37.6 Å². The number of rotatable bonds is 8. The molecular weight excluding hydrogens is 436 g/mol. The van der Waals surface area contributed by atoms with Gasteiger partial charge in [-0.05, 0) is 41.1 Å². The van der Waals surface area contributed by atoms with Crippen LogP contribution >= 0.6 is 0 Å². The molecule has 0 bridgehead atoms. The molecule has 1 aromatic carbocycles. The van der Waals surface area contributed by atoms with Crippen molar-refractivity contribution in [3.63, 3.8) is 0 Å². The number of hydrogen-bond donors (Lipinski definition) is 1. The van der Waals surface area contributed by atoms with Gasteiger partial charge in [0.2, 0.25) is 0 Å². The van der Waals surface area contributed by atoms with Crippen LogP contribution in [0.3, 0.4) is 0 Å². The molecule has 184 valence electrons. The molecule has 2 atom stereocenters. The average Bonchev–Trinajstić information content (AvgIpc) is 2.95. The largest absolute Gasteiger partial charge is 0.414 e. The van der Waals surface area contributed by atoms with Crippen LogP contribution in [0, 0.1) is 0 Å². The van der Waals surface area contributed by atoms with E-state index in [2.05, 4.69) is 105 Å². The lowest BCUT2D eigenvalue weighted by Gasteiger charge is -2.45. The molecule has 0 fully saturated rings. The Kier molecular flexibility index (Phi) is 7.60. The van der Waals surface area contributed by atoms with Gasteiger partial charge in [-0.25, -0.2) is 9.97 Å². The predicted molar refractivity (Wildman–Crippen MR) is 144 cm³/mol. The van der Waals surface area contributed by atoms with Crippen molar-refractivity contribution in [2.75, 3.05) is 18.5 Å².